The fraction of sp³-hybridized carbons (Fsp3) is 0.471. The number of benzene rings is 1. The van der Waals surface area contributed by atoms with Crippen LogP contribution < -0.4 is 0 Å². The van der Waals surface area contributed by atoms with Crippen LogP contribution in [0, 0.1) is 3.57 Å². The lowest BCUT2D eigenvalue weighted by atomic mass is 9.86. The molecule has 0 aromatic heterocycles. The van der Waals surface area contributed by atoms with Gasteiger partial charge in [0.2, 0.25) is 0 Å². The lowest BCUT2D eigenvalue weighted by molar-refractivity contribution is -0.115. The number of ketones is 1. The molecule has 1 unspecified atom stereocenters. The number of hydrogen-bond acceptors (Lipinski definition) is 2. The standard InChI is InChI=1S/C17H20INO/c1-3-16(20)17-14(11-4-6-12(18)7-5-11)10-13-8-9-15(17)19(13)2/h4-7,13,15H,3,8-10H2,1-2H3/t13?,15-/m0/s1. The molecule has 0 amide bonds. The Kier molecular flexibility index (Phi) is 4.00. The summed E-state index contributed by atoms with van der Waals surface area (Å²) in [5, 5.41) is 0. The van der Waals surface area contributed by atoms with Gasteiger partial charge in [-0.1, -0.05) is 19.1 Å². The predicted octanol–water partition coefficient (Wildman–Crippen LogP) is 3.89. The van der Waals surface area contributed by atoms with E-state index >= 15 is 0 Å². The van der Waals surface area contributed by atoms with Crippen molar-refractivity contribution >= 4 is 33.9 Å². The summed E-state index contributed by atoms with van der Waals surface area (Å²) in [5.74, 6) is 0.329. The van der Waals surface area contributed by atoms with Crippen LogP contribution in [0.2, 0.25) is 0 Å². The number of carbonyl (C=O) groups is 1. The third-order valence-corrected chi connectivity index (χ3v) is 5.47. The predicted molar refractivity (Wildman–Crippen MR) is 90.6 cm³/mol. The van der Waals surface area contributed by atoms with Crippen LogP contribution in [0.1, 0.15) is 38.2 Å². The van der Waals surface area contributed by atoms with Crippen molar-refractivity contribution in [2.45, 2.75) is 44.7 Å². The van der Waals surface area contributed by atoms with Crippen molar-refractivity contribution in [1.29, 1.82) is 0 Å². The van der Waals surface area contributed by atoms with Crippen LogP contribution in [0.3, 0.4) is 0 Å². The van der Waals surface area contributed by atoms with Crippen molar-refractivity contribution < 1.29 is 4.79 Å². The molecule has 20 heavy (non-hydrogen) atoms. The Morgan fingerprint density at radius 2 is 2.00 bits per heavy atom. The topological polar surface area (TPSA) is 20.3 Å². The van der Waals surface area contributed by atoms with Crippen molar-refractivity contribution in [2.75, 3.05) is 7.05 Å². The molecule has 0 saturated carbocycles. The molecule has 2 heterocycles. The van der Waals surface area contributed by atoms with Crippen molar-refractivity contribution in [3.05, 3.63) is 39.0 Å². The fourth-order valence-electron chi connectivity index (χ4n) is 3.62. The molecule has 0 aliphatic carbocycles. The Hall–Kier alpha value is -0.680. The Morgan fingerprint density at radius 1 is 1.30 bits per heavy atom. The van der Waals surface area contributed by atoms with Crippen LogP contribution in [0.5, 0.6) is 0 Å². The number of nitrogens with zero attached hydrogens (tertiary/aromatic N) is 1. The second-order valence-electron chi connectivity index (χ2n) is 5.79. The third-order valence-electron chi connectivity index (χ3n) is 4.75. The lowest BCUT2D eigenvalue weighted by Gasteiger charge is -2.35. The Labute approximate surface area is 134 Å². The first-order valence-corrected chi connectivity index (χ1v) is 8.43. The Morgan fingerprint density at radius 3 is 2.65 bits per heavy atom. The lowest BCUT2D eigenvalue weighted by Crippen LogP contribution is -2.39. The third kappa shape index (κ3) is 2.35. The number of carbonyl (C=O) groups excluding carboxylic acids is 1. The largest absolute Gasteiger partial charge is 0.296 e. The van der Waals surface area contributed by atoms with Gasteiger partial charge in [-0.25, -0.2) is 0 Å². The summed E-state index contributed by atoms with van der Waals surface area (Å²) in [6, 6.07) is 9.57. The normalized spacial score (nSPS) is 26.1. The molecule has 2 bridgehead atoms. The van der Waals surface area contributed by atoms with Gasteiger partial charge in [0.25, 0.3) is 0 Å². The molecule has 0 spiro atoms. The number of rotatable bonds is 3. The first kappa shape index (κ1) is 14.3. The molecule has 1 fully saturated rings. The first-order chi connectivity index (χ1) is 9.61. The Balaban J connectivity index is 2.10. The minimum absolute atomic E-state index is 0.329. The summed E-state index contributed by atoms with van der Waals surface area (Å²) in [4.78, 5) is 14.9. The van der Waals surface area contributed by atoms with Crippen LogP contribution in [-0.2, 0) is 4.79 Å². The van der Waals surface area contributed by atoms with Crippen molar-refractivity contribution in [1.82, 2.24) is 4.90 Å². The maximum absolute atomic E-state index is 12.5. The number of halogens is 1. The van der Waals surface area contributed by atoms with Gasteiger partial charge >= 0.3 is 0 Å². The summed E-state index contributed by atoms with van der Waals surface area (Å²) >= 11 is 2.33. The monoisotopic (exact) mass is 381 g/mol. The molecule has 0 N–H and O–H groups in total. The molecule has 2 aliphatic heterocycles. The van der Waals surface area contributed by atoms with Gasteiger partial charge in [-0.2, -0.15) is 0 Å². The van der Waals surface area contributed by atoms with E-state index in [1.807, 2.05) is 6.92 Å². The highest BCUT2D eigenvalue weighted by Gasteiger charge is 2.41. The van der Waals surface area contributed by atoms with Gasteiger partial charge < -0.3 is 0 Å². The molecule has 2 nitrogen and oxygen atoms in total. The number of Topliss-reactive ketones (excluding diaryl/α,β-unsaturated/α-hetero) is 1. The van der Waals surface area contributed by atoms with Gasteiger partial charge in [0.05, 0.1) is 0 Å². The van der Waals surface area contributed by atoms with E-state index in [0.717, 1.165) is 18.4 Å². The SMILES string of the molecule is CCC(=O)C1=C(c2ccc(I)cc2)CC2CC[C@@H]1N2C. The van der Waals surface area contributed by atoms with Gasteiger partial charge in [-0.3, -0.25) is 9.69 Å². The molecule has 2 atom stereocenters. The Bertz CT molecular complexity index is 561. The zero-order chi connectivity index (χ0) is 14.3. The fourth-order valence-corrected chi connectivity index (χ4v) is 3.98. The summed E-state index contributed by atoms with van der Waals surface area (Å²) in [6.07, 6.45) is 3.98. The highest BCUT2D eigenvalue weighted by atomic mass is 127. The molecular weight excluding hydrogens is 361 g/mol. The average molecular weight is 381 g/mol. The summed E-state index contributed by atoms with van der Waals surface area (Å²) < 4.78 is 1.24. The molecule has 3 rings (SSSR count). The molecule has 106 valence electrons. The zero-order valence-electron chi connectivity index (χ0n) is 12.0. The van der Waals surface area contributed by atoms with Crippen molar-refractivity contribution in [2.24, 2.45) is 0 Å². The van der Waals surface area contributed by atoms with E-state index < -0.39 is 0 Å². The van der Waals surface area contributed by atoms with E-state index in [-0.39, 0.29) is 0 Å². The highest BCUT2D eigenvalue weighted by molar-refractivity contribution is 14.1. The number of fused-ring (bicyclic) bond motifs is 2. The summed E-state index contributed by atoms with van der Waals surface area (Å²) in [5.41, 5.74) is 3.64. The smallest absolute Gasteiger partial charge is 0.160 e. The van der Waals surface area contributed by atoms with Crippen molar-refractivity contribution in [3.8, 4) is 0 Å². The van der Waals surface area contributed by atoms with Crippen LogP contribution in [0.15, 0.2) is 29.8 Å². The molecule has 3 heteroatoms. The van der Waals surface area contributed by atoms with Crippen LogP contribution in [-0.4, -0.2) is 29.8 Å². The maximum Gasteiger partial charge on any atom is 0.160 e. The summed E-state index contributed by atoms with van der Waals surface area (Å²) in [6.45, 7) is 1.97. The molecule has 2 aliphatic rings. The van der Waals surface area contributed by atoms with E-state index in [4.69, 9.17) is 0 Å². The van der Waals surface area contributed by atoms with Gasteiger partial charge in [-0.05, 0) is 72.2 Å². The van der Waals surface area contributed by atoms with Crippen molar-refractivity contribution in [3.63, 3.8) is 0 Å². The number of likely N-dealkylation sites (N-methyl/N-ethyl adjacent to an activating group) is 1. The molecule has 1 aromatic rings. The van der Waals surface area contributed by atoms with E-state index in [1.54, 1.807) is 0 Å². The summed E-state index contributed by atoms with van der Waals surface area (Å²) in [7, 11) is 2.18. The van der Waals surface area contributed by atoms with Crippen LogP contribution in [0.4, 0.5) is 0 Å². The molecule has 0 radical (unpaired) electrons. The molecular formula is C17H20INO. The minimum atomic E-state index is 0.329. The van der Waals surface area contributed by atoms with Gasteiger partial charge in [-0.15, -0.1) is 0 Å². The first-order valence-electron chi connectivity index (χ1n) is 7.36. The van der Waals surface area contributed by atoms with Crippen LogP contribution in [0.25, 0.3) is 5.57 Å². The van der Waals surface area contributed by atoms with E-state index in [9.17, 15) is 4.79 Å². The molecule has 1 aromatic carbocycles. The minimum Gasteiger partial charge on any atom is -0.296 e. The van der Waals surface area contributed by atoms with E-state index in [0.29, 0.717) is 24.3 Å². The van der Waals surface area contributed by atoms with Gasteiger partial charge in [0.15, 0.2) is 5.78 Å². The van der Waals surface area contributed by atoms with E-state index in [2.05, 4.69) is 58.8 Å². The highest BCUT2D eigenvalue weighted by Crippen LogP contribution is 2.42. The van der Waals surface area contributed by atoms with E-state index in [1.165, 1.54) is 21.1 Å². The maximum atomic E-state index is 12.5. The second kappa shape index (κ2) is 5.60. The molecule has 1 saturated heterocycles. The zero-order valence-corrected chi connectivity index (χ0v) is 14.2. The van der Waals surface area contributed by atoms with Gasteiger partial charge in [0, 0.05) is 27.6 Å². The quantitative estimate of drug-likeness (QED) is 0.741. The van der Waals surface area contributed by atoms with Crippen LogP contribution >= 0.6 is 22.6 Å². The van der Waals surface area contributed by atoms with Gasteiger partial charge in [0.1, 0.15) is 0 Å². The average Bonchev–Trinajstić information content (AvgIpc) is 2.70. The number of hydrogen-bond donors (Lipinski definition) is 0. The second-order valence-corrected chi connectivity index (χ2v) is 7.04.